The first-order chi connectivity index (χ1) is 9.40. The molecule has 5 rings (SSSR count). The van der Waals surface area contributed by atoms with Crippen LogP contribution in [-0.2, 0) is 0 Å². The van der Waals surface area contributed by atoms with Crippen molar-refractivity contribution in [3.63, 3.8) is 0 Å². The van der Waals surface area contributed by atoms with E-state index in [1.807, 2.05) is 0 Å². The smallest absolute Gasteiger partial charge is 0.0414 e. The first-order valence-corrected chi connectivity index (χ1v) is 9.40. The topological polar surface area (TPSA) is 0 Å². The monoisotopic (exact) mass is 262 g/mol. The van der Waals surface area contributed by atoms with Gasteiger partial charge < -0.3 is 0 Å². The van der Waals surface area contributed by atoms with Gasteiger partial charge in [-0.1, -0.05) is 96.3 Å². The second-order valence-corrected chi connectivity index (χ2v) is 7.99. The van der Waals surface area contributed by atoms with E-state index < -0.39 is 0 Å². The summed E-state index contributed by atoms with van der Waals surface area (Å²) in [5.74, 6) is 4.55. The predicted octanol–water partition coefficient (Wildman–Crippen LogP) is 6.34. The van der Waals surface area contributed by atoms with E-state index in [-0.39, 0.29) is 0 Å². The molecule has 0 aromatic heterocycles. The summed E-state index contributed by atoms with van der Waals surface area (Å²) in [7, 11) is 0. The number of hydrogen-bond acceptors (Lipinski definition) is 0. The van der Waals surface area contributed by atoms with E-state index in [0.717, 1.165) is 23.7 Å². The third kappa shape index (κ3) is 4.23. The van der Waals surface area contributed by atoms with Gasteiger partial charge in [0.25, 0.3) is 0 Å². The van der Waals surface area contributed by atoms with Gasteiger partial charge in [-0.05, 0) is 23.7 Å². The summed E-state index contributed by atoms with van der Waals surface area (Å²) in [4.78, 5) is 0. The average molecular weight is 262 g/mol. The highest BCUT2D eigenvalue weighted by atomic mass is 14.3. The lowest BCUT2D eigenvalue weighted by Crippen LogP contribution is -2.08. The first-order valence-electron chi connectivity index (χ1n) is 9.40. The van der Waals surface area contributed by atoms with Crippen molar-refractivity contribution in [2.24, 2.45) is 23.7 Å². The van der Waals surface area contributed by atoms with Crippen LogP contribution in [0.2, 0.25) is 0 Å². The molecule has 4 bridgehead atoms. The van der Waals surface area contributed by atoms with E-state index in [1.165, 1.54) is 19.3 Å². The molecule has 5 aliphatic carbocycles. The van der Waals surface area contributed by atoms with Gasteiger partial charge in [-0.25, -0.2) is 0 Å². The fourth-order valence-electron chi connectivity index (χ4n) is 5.23. The molecule has 0 aromatic carbocycles. The Balaban J connectivity index is 0.000000117. The van der Waals surface area contributed by atoms with Crippen LogP contribution in [0.5, 0.6) is 0 Å². The van der Waals surface area contributed by atoms with Crippen LogP contribution in [0.3, 0.4) is 0 Å². The molecule has 5 aliphatic rings. The summed E-state index contributed by atoms with van der Waals surface area (Å²) >= 11 is 0. The molecule has 19 heavy (non-hydrogen) atoms. The largest absolute Gasteiger partial charge is 0.0528 e. The van der Waals surface area contributed by atoms with Gasteiger partial charge in [0.05, 0.1) is 0 Å². The van der Waals surface area contributed by atoms with Crippen molar-refractivity contribution in [2.45, 2.75) is 96.3 Å². The molecule has 0 heteroatoms. The summed E-state index contributed by atoms with van der Waals surface area (Å²) in [6.07, 6.45) is 23.3. The Labute approximate surface area is 120 Å². The standard InChI is InChI=1S/C10H18.C9H16/c1-3-9-5-2-6-10(4-1)8-7-9;1-2-8-4-6-9(3-1)7-5-8/h9-10H,1-8H2;8-9H,1-7H2. The van der Waals surface area contributed by atoms with Crippen LogP contribution in [0, 0.1) is 23.7 Å². The van der Waals surface area contributed by atoms with Crippen LogP contribution in [0.4, 0.5) is 0 Å². The summed E-state index contributed by atoms with van der Waals surface area (Å²) < 4.78 is 0. The van der Waals surface area contributed by atoms with Gasteiger partial charge in [-0.3, -0.25) is 0 Å². The maximum absolute atomic E-state index is 1.56. The van der Waals surface area contributed by atoms with Crippen molar-refractivity contribution >= 4 is 0 Å². The molecule has 0 unspecified atom stereocenters. The fraction of sp³-hybridized carbons (Fsp3) is 1.00. The highest BCUT2D eigenvalue weighted by molar-refractivity contribution is 4.77. The summed E-state index contributed by atoms with van der Waals surface area (Å²) in [6, 6.07) is 0. The van der Waals surface area contributed by atoms with Crippen molar-refractivity contribution in [3.8, 4) is 0 Å². The Morgan fingerprint density at radius 2 is 0.474 bits per heavy atom. The molecule has 0 amide bonds. The second kappa shape index (κ2) is 7.14. The zero-order valence-electron chi connectivity index (χ0n) is 12.9. The lowest BCUT2D eigenvalue weighted by molar-refractivity contribution is 0.308. The maximum Gasteiger partial charge on any atom is -0.0414 e. The quantitative estimate of drug-likeness (QED) is 0.477. The van der Waals surface area contributed by atoms with Gasteiger partial charge in [-0.2, -0.15) is 0 Å². The predicted molar refractivity (Wildman–Crippen MR) is 83.2 cm³/mol. The molecule has 0 nitrogen and oxygen atoms in total. The molecule has 0 N–H and O–H groups in total. The Bertz CT molecular complexity index is 209. The minimum Gasteiger partial charge on any atom is -0.0528 e. The van der Waals surface area contributed by atoms with Crippen molar-refractivity contribution in [2.75, 3.05) is 0 Å². The van der Waals surface area contributed by atoms with E-state index in [4.69, 9.17) is 0 Å². The van der Waals surface area contributed by atoms with E-state index in [9.17, 15) is 0 Å². The molecule has 5 fully saturated rings. The fourth-order valence-corrected chi connectivity index (χ4v) is 5.23. The van der Waals surface area contributed by atoms with Crippen molar-refractivity contribution in [1.82, 2.24) is 0 Å². The summed E-state index contributed by atoms with van der Waals surface area (Å²) in [5, 5.41) is 0. The van der Waals surface area contributed by atoms with Crippen molar-refractivity contribution in [3.05, 3.63) is 0 Å². The van der Waals surface area contributed by atoms with Gasteiger partial charge in [0, 0.05) is 0 Å². The SMILES string of the molecule is C1CC2CCC(C1)CC2.C1CC2CCCC(C1)CC2. The molecule has 0 atom stereocenters. The van der Waals surface area contributed by atoms with Gasteiger partial charge >= 0.3 is 0 Å². The van der Waals surface area contributed by atoms with E-state index >= 15 is 0 Å². The lowest BCUT2D eigenvalue weighted by Gasteiger charge is -2.22. The lowest BCUT2D eigenvalue weighted by atomic mass is 9.84. The number of fused-ring (bicyclic) bond motifs is 7. The Kier molecular flexibility index (Phi) is 5.24. The van der Waals surface area contributed by atoms with Gasteiger partial charge in [0.1, 0.15) is 0 Å². The second-order valence-electron chi connectivity index (χ2n) is 7.99. The molecule has 0 spiro atoms. The molecular weight excluding hydrogens is 228 g/mol. The molecular formula is C19H34. The molecule has 5 saturated carbocycles. The molecule has 110 valence electrons. The van der Waals surface area contributed by atoms with E-state index in [1.54, 1.807) is 77.0 Å². The van der Waals surface area contributed by atoms with E-state index in [0.29, 0.717) is 0 Å². The zero-order chi connectivity index (χ0) is 12.9. The van der Waals surface area contributed by atoms with Crippen molar-refractivity contribution < 1.29 is 0 Å². The molecule has 0 heterocycles. The van der Waals surface area contributed by atoms with Crippen LogP contribution in [0.15, 0.2) is 0 Å². The number of hydrogen-bond donors (Lipinski definition) is 0. The summed E-state index contributed by atoms with van der Waals surface area (Å²) in [5.41, 5.74) is 0. The third-order valence-corrected chi connectivity index (χ3v) is 6.62. The number of rotatable bonds is 0. The Morgan fingerprint density at radius 1 is 0.263 bits per heavy atom. The van der Waals surface area contributed by atoms with Crippen LogP contribution < -0.4 is 0 Å². The van der Waals surface area contributed by atoms with Crippen LogP contribution in [0.25, 0.3) is 0 Å². The van der Waals surface area contributed by atoms with Crippen molar-refractivity contribution in [1.29, 1.82) is 0 Å². The molecule has 0 radical (unpaired) electrons. The normalized spacial score (nSPS) is 41.7. The van der Waals surface area contributed by atoms with Crippen LogP contribution in [-0.4, -0.2) is 0 Å². The Hall–Kier alpha value is 0. The molecule has 0 aliphatic heterocycles. The molecule has 0 saturated heterocycles. The zero-order valence-corrected chi connectivity index (χ0v) is 12.9. The third-order valence-electron chi connectivity index (χ3n) is 6.62. The van der Waals surface area contributed by atoms with E-state index in [2.05, 4.69) is 0 Å². The maximum atomic E-state index is 1.56. The van der Waals surface area contributed by atoms with Gasteiger partial charge in [-0.15, -0.1) is 0 Å². The van der Waals surface area contributed by atoms with Crippen LogP contribution >= 0.6 is 0 Å². The summed E-state index contributed by atoms with van der Waals surface area (Å²) in [6.45, 7) is 0. The Morgan fingerprint density at radius 3 is 0.737 bits per heavy atom. The highest BCUT2D eigenvalue weighted by Crippen LogP contribution is 2.38. The first kappa shape index (κ1) is 14.0. The minimum atomic E-state index is 1.13. The minimum absolute atomic E-state index is 1.13. The van der Waals surface area contributed by atoms with Gasteiger partial charge in [0.2, 0.25) is 0 Å². The van der Waals surface area contributed by atoms with Gasteiger partial charge in [0.15, 0.2) is 0 Å². The van der Waals surface area contributed by atoms with Crippen LogP contribution in [0.1, 0.15) is 96.3 Å². The highest BCUT2D eigenvalue weighted by Gasteiger charge is 2.24. The average Bonchev–Trinajstić information content (AvgIpc) is 2.94. The molecule has 0 aromatic rings.